The summed E-state index contributed by atoms with van der Waals surface area (Å²) >= 11 is 0. The summed E-state index contributed by atoms with van der Waals surface area (Å²) in [5.74, 6) is 0. The van der Waals surface area contributed by atoms with Gasteiger partial charge in [0.2, 0.25) is 0 Å². The number of hydrogen-bond acceptors (Lipinski definition) is 5. The number of aliphatic hydroxyl groups excluding tert-OH is 1. The maximum Gasteiger partial charge on any atom is 0.330 e. The Morgan fingerprint density at radius 3 is 3.05 bits per heavy atom. The summed E-state index contributed by atoms with van der Waals surface area (Å²) in [6.07, 6.45) is 0.485. The van der Waals surface area contributed by atoms with Crippen LogP contribution in [0.15, 0.2) is 21.0 Å². The Morgan fingerprint density at radius 2 is 2.42 bits per heavy atom. The van der Waals surface area contributed by atoms with Crippen molar-refractivity contribution < 1.29 is 9.84 Å². The first-order valence-corrected chi connectivity index (χ1v) is 5.74. The zero-order valence-electron chi connectivity index (χ0n) is 10.2. The van der Waals surface area contributed by atoms with Crippen molar-refractivity contribution in [1.29, 1.82) is 0 Å². The highest BCUT2D eigenvalue weighted by Crippen LogP contribution is 2.27. The molecule has 1 aliphatic rings. The summed E-state index contributed by atoms with van der Waals surface area (Å²) in [6, 6.07) is -0.417. The highest BCUT2D eigenvalue weighted by Gasteiger charge is 2.33. The summed E-state index contributed by atoms with van der Waals surface area (Å²) in [6.45, 7) is 1.30. The molecule has 0 bridgehead atoms. The third-order valence-electron chi connectivity index (χ3n) is 3.10. The van der Waals surface area contributed by atoms with E-state index in [4.69, 9.17) is 15.4 Å². The molecule has 0 aliphatic carbocycles. The molecule has 1 aliphatic heterocycles. The van der Waals surface area contributed by atoms with E-state index in [1.54, 1.807) is 6.92 Å². The van der Waals surface area contributed by atoms with Crippen LogP contribution in [0.2, 0.25) is 0 Å². The largest absolute Gasteiger partial charge is 0.408 e. The van der Waals surface area contributed by atoms with Crippen molar-refractivity contribution in [3.05, 3.63) is 38.1 Å². The standard InChI is InChI=1S/C10H14N5O4/c1-5-3-15(10(18)12-9(5)17)8-2-6(13-14-11)7(4-16)19-8/h3,6-8,16H,2,4H2,1H3,(H2-,11,12,13,17,18)/q-1. The predicted octanol–water partition coefficient (Wildman–Crippen LogP) is -0.980. The number of rotatable bonds is 4. The fourth-order valence-electron chi connectivity index (χ4n) is 2.08. The first-order valence-electron chi connectivity index (χ1n) is 5.74. The SMILES string of the molecule is Cc1cn(C2CC(NN=[N-])C(CO)O2)c(=O)[nH]c1=O. The molecule has 2 heterocycles. The van der Waals surface area contributed by atoms with Gasteiger partial charge in [-0.25, -0.2) is 4.79 Å². The number of aromatic amines is 1. The van der Waals surface area contributed by atoms with Gasteiger partial charge < -0.3 is 20.8 Å². The molecule has 0 saturated carbocycles. The summed E-state index contributed by atoms with van der Waals surface area (Å²) in [7, 11) is 0. The molecule has 0 aromatic carbocycles. The van der Waals surface area contributed by atoms with Gasteiger partial charge in [0, 0.05) is 17.8 Å². The molecule has 19 heavy (non-hydrogen) atoms. The minimum absolute atomic E-state index is 0.277. The Hall–Kier alpha value is -2.00. The molecule has 3 unspecified atom stereocenters. The average Bonchev–Trinajstić information content (AvgIpc) is 2.77. The van der Waals surface area contributed by atoms with Crippen molar-refractivity contribution in [2.45, 2.75) is 31.7 Å². The van der Waals surface area contributed by atoms with Crippen molar-refractivity contribution in [1.82, 2.24) is 15.0 Å². The van der Waals surface area contributed by atoms with Gasteiger partial charge in [0.1, 0.15) is 6.23 Å². The van der Waals surface area contributed by atoms with E-state index in [1.807, 2.05) is 0 Å². The monoisotopic (exact) mass is 268 g/mol. The Morgan fingerprint density at radius 1 is 1.68 bits per heavy atom. The van der Waals surface area contributed by atoms with Crippen LogP contribution in [0.5, 0.6) is 0 Å². The molecule has 2 rings (SSSR count). The van der Waals surface area contributed by atoms with Gasteiger partial charge in [-0.3, -0.25) is 19.6 Å². The highest BCUT2D eigenvalue weighted by atomic mass is 16.5. The first-order chi connectivity index (χ1) is 9.06. The summed E-state index contributed by atoms with van der Waals surface area (Å²) in [5.41, 5.74) is 10.2. The second-order valence-corrected chi connectivity index (χ2v) is 4.36. The number of ether oxygens (including phenoxy) is 1. The minimum atomic E-state index is -0.639. The van der Waals surface area contributed by atoms with E-state index in [-0.39, 0.29) is 6.61 Å². The second kappa shape index (κ2) is 5.33. The van der Waals surface area contributed by atoms with E-state index < -0.39 is 29.6 Å². The van der Waals surface area contributed by atoms with Crippen LogP contribution in [0.25, 0.3) is 5.53 Å². The van der Waals surface area contributed by atoms with E-state index in [0.29, 0.717) is 12.0 Å². The summed E-state index contributed by atoms with van der Waals surface area (Å²) in [5, 5.41) is 12.0. The lowest BCUT2D eigenvalue weighted by Crippen LogP contribution is -2.34. The molecule has 1 fully saturated rings. The molecule has 0 radical (unpaired) electrons. The molecule has 9 heteroatoms. The van der Waals surface area contributed by atoms with E-state index in [0.717, 1.165) is 0 Å². The van der Waals surface area contributed by atoms with Crippen molar-refractivity contribution in [2.24, 2.45) is 5.22 Å². The van der Waals surface area contributed by atoms with Gasteiger partial charge in [-0.2, -0.15) is 0 Å². The summed E-state index contributed by atoms with van der Waals surface area (Å²) < 4.78 is 6.74. The molecule has 1 saturated heterocycles. The van der Waals surface area contributed by atoms with Crippen molar-refractivity contribution in [3.63, 3.8) is 0 Å². The molecule has 1 aromatic heterocycles. The smallest absolute Gasteiger partial charge is 0.330 e. The van der Waals surface area contributed by atoms with Crippen LogP contribution in [-0.4, -0.2) is 33.4 Å². The molecule has 3 N–H and O–H groups in total. The number of aromatic nitrogens is 2. The fraction of sp³-hybridized carbons (Fsp3) is 0.600. The van der Waals surface area contributed by atoms with Crippen LogP contribution in [0.3, 0.4) is 0 Å². The Kier molecular flexibility index (Phi) is 3.76. The number of hydrogen-bond donors (Lipinski definition) is 3. The number of aryl methyl sites for hydroxylation is 1. The molecule has 3 atom stereocenters. The van der Waals surface area contributed by atoms with E-state index in [2.05, 4.69) is 15.6 Å². The number of nitrogens with zero attached hydrogens (tertiary/aromatic N) is 3. The number of aliphatic hydroxyl groups is 1. The van der Waals surface area contributed by atoms with Crippen molar-refractivity contribution in [3.8, 4) is 0 Å². The topological polar surface area (TPSA) is 131 Å². The third kappa shape index (κ3) is 2.56. The zero-order chi connectivity index (χ0) is 14.0. The Labute approximate surface area is 107 Å². The Balaban J connectivity index is 2.29. The number of nitrogens with one attached hydrogen (secondary N) is 2. The zero-order valence-corrected chi connectivity index (χ0v) is 10.2. The average molecular weight is 268 g/mol. The third-order valence-corrected chi connectivity index (χ3v) is 3.10. The van der Waals surface area contributed by atoms with Crippen LogP contribution < -0.4 is 16.7 Å². The molecular formula is C10H14N5O4-. The van der Waals surface area contributed by atoms with Gasteiger partial charge in [0.05, 0.1) is 12.7 Å². The molecule has 0 spiro atoms. The lowest BCUT2D eigenvalue weighted by Gasteiger charge is -2.19. The predicted molar refractivity (Wildman–Crippen MR) is 64.4 cm³/mol. The lowest BCUT2D eigenvalue weighted by atomic mass is 10.1. The van der Waals surface area contributed by atoms with Crippen LogP contribution in [0, 0.1) is 6.92 Å². The first kappa shape index (κ1) is 13.4. The van der Waals surface area contributed by atoms with Crippen LogP contribution in [0.4, 0.5) is 0 Å². The maximum absolute atomic E-state index is 11.7. The second-order valence-electron chi connectivity index (χ2n) is 4.36. The van der Waals surface area contributed by atoms with Gasteiger partial charge in [0.15, 0.2) is 0 Å². The molecular weight excluding hydrogens is 254 g/mol. The van der Waals surface area contributed by atoms with E-state index in [1.165, 1.54) is 10.8 Å². The number of H-pyrrole nitrogens is 1. The van der Waals surface area contributed by atoms with E-state index in [9.17, 15) is 9.59 Å². The molecule has 9 nitrogen and oxygen atoms in total. The van der Waals surface area contributed by atoms with Crippen LogP contribution >= 0.6 is 0 Å². The fourth-order valence-corrected chi connectivity index (χ4v) is 2.08. The van der Waals surface area contributed by atoms with Crippen molar-refractivity contribution >= 4 is 0 Å². The molecule has 0 amide bonds. The minimum Gasteiger partial charge on any atom is -0.408 e. The van der Waals surface area contributed by atoms with Crippen LogP contribution in [0.1, 0.15) is 18.2 Å². The van der Waals surface area contributed by atoms with Gasteiger partial charge in [-0.15, -0.1) is 0 Å². The molecule has 104 valence electrons. The van der Waals surface area contributed by atoms with Gasteiger partial charge in [-0.1, -0.05) is 0 Å². The van der Waals surface area contributed by atoms with Gasteiger partial charge >= 0.3 is 5.69 Å². The lowest BCUT2D eigenvalue weighted by molar-refractivity contribution is -0.0290. The highest BCUT2D eigenvalue weighted by molar-refractivity contribution is 5.02. The van der Waals surface area contributed by atoms with Crippen molar-refractivity contribution in [2.75, 3.05) is 6.61 Å². The Bertz CT molecular complexity index is 580. The van der Waals surface area contributed by atoms with Gasteiger partial charge in [0.25, 0.3) is 5.56 Å². The summed E-state index contributed by atoms with van der Waals surface area (Å²) in [4.78, 5) is 25.2. The maximum atomic E-state index is 11.7. The molecule has 1 aromatic rings. The van der Waals surface area contributed by atoms with E-state index >= 15 is 0 Å². The van der Waals surface area contributed by atoms with Gasteiger partial charge in [-0.05, 0) is 13.3 Å². The quantitative estimate of drug-likeness (QED) is 0.477. The normalized spacial score (nSPS) is 26.3. The van der Waals surface area contributed by atoms with Crippen LogP contribution in [-0.2, 0) is 4.74 Å².